The molecule has 7 heteroatoms. The molecule has 0 N–H and O–H groups in total. The molecule has 0 aliphatic rings. The second kappa shape index (κ2) is 8.99. The molecule has 0 saturated carbocycles. The molecule has 0 aromatic heterocycles. The highest BCUT2D eigenvalue weighted by Gasteiger charge is 2.27. The van der Waals surface area contributed by atoms with Crippen molar-refractivity contribution < 1.29 is 17.9 Å². The van der Waals surface area contributed by atoms with Crippen LogP contribution in [0, 0.1) is 0 Å². The average molecular weight is 382 g/mol. The van der Waals surface area contributed by atoms with Gasteiger partial charge in [0.05, 0.1) is 12.0 Å². The fourth-order valence-electron chi connectivity index (χ4n) is 2.31. The molecule has 5 nitrogen and oxygen atoms in total. The van der Waals surface area contributed by atoms with Crippen molar-refractivity contribution >= 4 is 27.6 Å². The zero-order chi connectivity index (χ0) is 18.3. The van der Waals surface area contributed by atoms with Gasteiger partial charge in [0.15, 0.2) is 0 Å². The van der Waals surface area contributed by atoms with Gasteiger partial charge in [-0.25, -0.2) is 8.42 Å². The first-order valence-corrected chi connectivity index (χ1v) is 9.70. The minimum absolute atomic E-state index is 0.0850. The van der Waals surface area contributed by atoms with Crippen LogP contribution in [0.2, 0.25) is 0 Å². The Bertz CT molecular complexity index is 792. The van der Waals surface area contributed by atoms with Gasteiger partial charge in [0.1, 0.15) is 6.54 Å². The Balaban J connectivity index is 2.31. The maximum absolute atomic E-state index is 12.9. The predicted octanol–water partition coefficient (Wildman–Crippen LogP) is 2.83. The lowest BCUT2D eigenvalue weighted by Gasteiger charge is -2.21. The van der Waals surface area contributed by atoms with Crippen molar-refractivity contribution in [3.05, 3.63) is 65.7 Å². The summed E-state index contributed by atoms with van der Waals surface area (Å²) in [7, 11) is -2.60. The molecule has 0 heterocycles. The number of nitrogens with zero attached hydrogens (tertiary/aromatic N) is 1. The standard InChI is InChI=1S/C18H20ClNO4S/c1-24-18(21)14-20(13-16-5-3-2-4-6-16)25(22,23)17-9-7-15(8-10-17)11-12-19/h2-10H,11-14H2,1H3. The van der Waals surface area contributed by atoms with E-state index in [1.165, 1.54) is 19.2 Å². The molecule has 0 radical (unpaired) electrons. The number of esters is 1. The highest BCUT2D eigenvalue weighted by atomic mass is 35.5. The number of hydrogen-bond donors (Lipinski definition) is 0. The molecule has 0 fully saturated rings. The average Bonchev–Trinajstić information content (AvgIpc) is 2.62. The van der Waals surface area contributed by atoms with Gasteiger partial charge in [0.2, 0.25) is 10.0 Å². The molecule has 0 aliphatic carbocycles. The zero-order valence-corrected chi connectivity index (χ0v) is 15.5. The number of rotatable bonds is 8. The predicted molar refractivity (Wildman–Crippen MR) is 96.9 cm³/mol. The van der Waals surface area contributed by atoms with Crippen molar-refractivity contribution in [1.82, 2.24) is 4.31 Å². The largest absolute Gasteiger partial charge is 0.468 e. The Morgan fingerprint density at radius 3 is 2.24 bits per heavy atom. The van der Waals surface area contributed by atoms with Crippen LogP contribution in [0.15, 0.2) is 59.5 Å². The van der Waals surface area contributed by atoms with Gasteiger partial charge in [-0.15, -0.1) is 11.6 Å². The molecule has 134 valence electrons. The van der Waals surface area contributed by atoms with Crippen LogP contribution >= 0.6 is 11.6 Å². The Morgan fingerprint density at radius 1 is 1.04 bits per heavy atom. The van der Waals surface area contributed by atoms with Crippen LogP contribution in [0.3, 0.4) is 0 Å². The van der Waals surface area contributed by atoms with E-state index < -0.39 is 16.0 Å². The van der Waals surface area contributed by atoms with Gasteiger partial charge in [-0.2, -0.15) is 4.31 Å². The summed E-state index contributed by atoms with van der Waals surface area (Å²) in [5, 5.41) is 0. The van der Waals surface area contributed by atoms with E-state index in [-0.39, 0.29) is 18.0 Å². The molecule has 2 aromatic rings. The minimum Gasteiger partial charge on any atom is -0.468 e. The number of aryl methyl sites for hydroxylation is 1. The highest BCUT2D eigenvalue weighted by Crippen LogP contribution is 2.19. The lowest BCUT2D eigenvalue weighted by molar-refractivity contribution is -0.140. The van der Waals surface area contributed by atoms with Crippen molar-refractivity contribution in [3.8, 4) is 0 Å². The molecule has 0 aliphatic heterocycles. The zero-order valence-electron chi connectivity index (χ0n) is 13.9. The molecule has 0 atom stereocenters. The molecule has 2 rings (SSSR count). The number of carbonyl (C=O) groups excluding carboxylic acids is 1. The quantitative estimate of drug-likeness (QED) is 0.521. The molecule has 0 spiro atoms. The van der Waals surface area contributed by atoms with E-state index >= 15 is 0 Å². The smallest absolute Gasteiger partial charge is 0.321 e. The normalized spacial score (nSPS) is 11.5. The van der Waals surface area contributed by atoms with Crippen LogP contribution in [-0.4, -0.2) is 38.2 Å². The number of alkyl halides is 1. The third-order valence-electron chi connectivity index (χ3n) is 3.68. The van der Waals surface area contributed by atoms with Crippen molar-refractivity contribution in [1.29, 1.82) is 0 Å². The molecule has 0 unspecified atom stereocenters. The van der Waals surface area contributed by atoms with Crippen LogP contribution in [0.25, 0.3) is 0 Å². The number of hydrogen-bond acceptors (Lipinski definition) is 4. The summed E-state index contributed by atoms with van der Waals surface area (Å²) in [4.78, 5) is 11.8. The van der Waals surface area contributed by atoms with Gasteiger partial charge in [-0.3, -0.25) is 4.79 Å². The fraction of sp³-hybridized carbons (Fsp3) is 0.278. The van der Waals surface area contributed by atoms with Crippen LogP contribution in [0.1, 0.15) is 11.1 Å². The molecule has 2 aromatic carbocycles. The maximum Gasteiger partial charge on any atom is 0.321 e. The number of carbonyl (C=O) groups is 1. The van der Waals surface area contributed by atoms with Gasteiger partial charge < -0.3 is 4.74 Å². The number of methoxy groups -OCH3 is 1. The van der Waals surface area contributed by atoms with E-state index in [1.54, 1.807) is 12.1 Å². The van der Waals surface area contributed by atoms with Crippen LogP contribution in [0.4, 0.5) is 0 Å². The maximum atomic E-state index is 12.9. The second-order valence-corrected chi connectivity index (χ2v) is 7.73. The highest BCUT2D eigenvalue weighted by molar-refractivity contribution is 7.89. The molecule has 25 heavy (non-hydrogen) atoms. The Hall–Kier alpha value is -1.89. The van der Waals surface area contributed by atoms with E-state index in [1.807, 2.05) is 30.3 Å². The SMILES string of the molecule is COC(=O)CN(Cc1ccccc1)S(=O)(=O)c1ccc(CCCl)cc1. The Kier molecular flexibility index (Phi) is 6.99. The summed E-state index contributed by atoms with van der Waals surface area (Å²) in [6.45, 7) is -0.265. The van der Waals surface area contributed by atoms with E-state index in [9.17, 15) is 13.2 Å². The summed E-state index contributed by atoms with van der Waals surface area (Å²) in [5.41, 5.74) is 1.74. The monoisotopic (exact) mass is 381 g/mol. The third-order valence-corrected chi connectivity index (χ3v) is 5.67. The fourth-order valence-corrected chi connectivity index (χ4v) is 3.90. The third kappa shape index (κ3) is 5.29. The van der Waals surface area contributed by atoms with E-state index in [2.05, 4.69) is 4.74 Å². The van der Waals surface area contributed by atoms with Gasteiger partial charge in [0, 0.05) is 12.4 Å². The summed E-state index contributed by atoms with van der Waals surface area (Å²) in [5.74, 6) is -0.146. The number of sulfonamides is 1. The molecule has 0 amide bonds. The number of ether oxygens (including phenoxy) is 1. The first-order chi connectivity index (χ1) is 12.0. The van der Waals surface area contributed by atoms with E-state index in [0.717, 1.165) is 15.4 Å². The first kappa shape index (κ1) is 19.4. The number of halogens is 1. The second-order valence-electron chi connectivity index (χ2n) is 5.42. The van der Waals surface area contributed by atoms with Crippen LogP contribution < -0.4 is 0 Å². The van der Waals surface area contributed by atoms with E-state index in [4.69, 9.17) is 11.6 Å². The van der Waals surface area contributed by atoms with Gasteiger partial charge in [0.25, 0.3) is 0 Å². The molecular formula is C18H20ClNO4S. The van der Waals surface area contributed by atoms with Gasteiger partial charge >= 0.3 is 5.97 Å². The van der Waals surface area contributed by atoms with Crippen molar-refractivity contribution in [2.24, 2.45) is 0 Å². The van der Waals surface area contributed by atoms with Crippen LogP contribution in [-0.2, 0) is 32.5 Å². The van der Waals surface area contributed by atoms with E-state index in [0.29, 0.717) is 12.3 Å². The molecular weight excluding hydrogens is 362 g/mol. The number of benzene rings is 2. The summed E-state index contributed by atoms with van der Waals surface area (Å²) < 4.78 is 31.7. The van der Waals surface area contributed by atoms with Gasteiger partial charge in [-0.05, 0) is 29.7 Å². The first-order valence-electron chi connectivity index (χ1n) is 7.73. The van der Waals surface area contributed by atoms with Gasteiger partial charge in [-0.1, -0.05) is 42.5 Å². The topological polar surface area (TPSA) is 63.7 Å². The summed E-state index contributed by atoms with van der Waals surface area (Å²) in [6, 6.07) is 15.6. The van der Waals surface area contributed by atoms with Crippen molar-refractivity contribution in [2.75, 3.05) is 19.5 Å². The summed E-state index contributed by atoms with van der Waals surface area (Å²) in [6.07, 6.45) is 0.664. The lowest BCUT2D eigenvalue weighted by Crippen LogP contribution is -2.35. The molecule has 0 saturated heterocycles. The lowest BCUT2D eigenvalue weighted by atomic mass is 10.2. The Labute approximate surface area is 153 Å². The van der Waals surface area contributed by atoms with Crippen molar-refractivity contribution in [2.45, 2.75) is 17.9 Å². The van der Waals surface area contributed by atoms with Crippen molar-refractivity contribution in [3.63, 3.8) is 0 Å². The minimum atomic E-state index is -3.84. The Morgan fingerprint density at radius 2 is 1.68 bits per heavy atom. The van der Waals surface area contributed by atoms with Crippen LogP contribution in [0.5, 0.6) is 0 Å². The summed E-state index contributed by atoms with van der Waals surface area (Å²) >= 11 is 5.70. The molecule has 0 bridgehead atoms.